The first-order valence-electron chi connectivity index (χ1n) is 11.6. The summed E-state index contributed by atoms with van der Waals surface area (Å²) >= 11 is 0. The van der Waals surface area contributed by atoms with E-state index in [4.69, 9.17) is 0 Å². The van der Waals surface area contributed by atoms with E-state index >= 15 is 0 Å². The van der Waals surface area contributed by atoms with Gasteiger partial charge < -0.3 is 0 Å². The smallest absolute Gasteiger partial charge is 0.123 e. The molecule has 0 nitrogen and oxygen atoms in total. The minimum atomic E-state index is -0.132. The summed E-state index contributed by atoms with van der Waals surface area (Å²) in [5, 5.41) is 0. The van der Waals surface area contributed by atoms with Crippen LogP contribution in [0.15, 0.2) is 78.9 Å². The largest absolute Gasteiger partial charge is 0.207 e. The molecule has 0 heterocycles. The fourth-order valence-electron chi connectivity index (χ4n) is 4.99. The van der Waals surface area contributed by atoms with Gasteiger partial charge >= 0.3 is 0 Å². The molecule has 1 aliphatic rings. The topological polar surface area (TPSA) is 0 Å². The van der Waals surface area contributed by atoms with Crippen molar-refractivity contribution in [3.8, 4) is 0 Å². The first kappa shape index (κ1) is 20.8. The maximum atomic E-state index is 13.1. The predicted molar refractivity (Wildman–Crippen MR) is 124 cm³/mol. The highest BCUT2D eigenvalue weighted by Crippen LogP contribution is 2.37. The van der Waals surface area contributed by atoms with Gasteiger partial charge in [0.15, 0.2) is 0 Å². The molecule has 156 valence electrons. The maximum Gasteiger partial charge on any atom is 0.123 e. The molecule has 0 aromatic heterocycles. The van der Waals surface area contributed by atoms with Gasteiger partial charge in [-0.05, 0) is 97.1 Å². The van der Waals surface area contributed by atoms with Crippen LogP contribution < -0.4 is 0 Å². The van der Waals surface area contributed by atoms with Crippen LogP contribution in [0.3, 0.4) is 0 Å². The Kier molecular flexibility index (Phi) is 7.00. The third kappa shape index (κ3) is 5.59. The minimum Gasteiger partial charge on any atom is -0.207 e. The lowest BCUT2D eigenvalue weighted by atomic mass is 9.77. The van der Waals surface area contributed by atoms with Crippen molar-refractivity contribution in [2.45, 2.75) is 63.7 Å². The number of rotatable bonds is 7. The van der Waals surface area contributed by atoms with Gasteiger partial charge in [-0.15, -0.1) is 0 Å². The molecular weight excluding hydrogens is 367 g/mol. The number of hydrogen-bond acceptors (Lipinski definition) is 0. The molecule has 1 heteroatoms. The van der Waals surface area contributed by atoms with Crippen LogP contribution in [0.5, 0.6) is 0 Å². The second-order valence-corrected chi connectivity index (χ2v) is 9.14. The second kappa shape index (κ2) is 10.1. The standard InChI is InChI=1S/C29H33F/c1-22(26-5-3-2-4-6-26)21-25-11-9-23(10-12-25)7-8-24-13-15-27(16-14-24)28-17-19-29(30)20-18-28/h2-6,9-12,17-20,22,24,27H,7-8,13-16,21H2,1H3/t22-,24?,27?/m1/s1. The van der Waals surface area contributed by atoms with Crippen LogP contribution in [-0.4, -0.2) is 0 Å². The van der Waals surface area contributed by atoms with E-state index in [9.17, 15) is 4.39 Å². The SMILES string of the molecule is C[C@H](Cc1ccc(CCC2CCC(c3ccc(F)cc3)CC2)cc1)c1ccccc1. The molecule has 0 aliphatic heterocycles. The van der Waals surface area contributed by atoms with Crippen molar-refractivity contribution in [1.82, 2.24) is 0 Å². The van der Waals surface area contributed by atoms with Gasteiger partial charge in [0.2, 0.25) is 0 Å². The van der Waals surface area contributed by atoms with Gasteiger partial charge in [0.05, 0.1) is 0 Å². The summed E-state index contributed by atoms with van der Waals surface area (Å²) in [5.41, 5.74) is 5.62. The van der Waals surface area contributed by atoms with Gasteiger partial charge in [0, 0.05) is 0 Å². The molecule has 30 heavy (non-hydrogen) atoms. The van der Waals surface area contributed by atoms with E-state index in [0.29, 0.717) is 11.8 Å². The van der Waals surface area contributed by atoms with Gasteiger partial charge in [0.25, 0.3) is 0 Å². The predicted octanol–water partition coefficient (Wildman–Crippen LogP) is 8.08. The summed E-state index contributed by atoms with van der Waals surface area (Å²) in [5.74, 6) is 1.87. The average Bonchev–Trinajstić information content (AvgIpc) is 2.80. The lowest BCUT2D eigenvalue weighted by Crippen LogP contribution is -2.14. The number of hydrogen-bond donors (Lipinski definition) is 0. The van der Waals surface area contributed by atoms with Crippen molar-refractivity contribution in [3.05, 3.63) is 107 Å². The van der Waals surface area contributed by atoms with Gasteiger partial charge in [-0.3, -0.25) is 0 Å². The lowest BCUT2D eigenvalue weighted by molar-refractivity contribution is 0.310. The van der Waals surface area contributed by atoms with E-state index < -0.39 is 0 Å². The quantitative estimate of drug-likeness (QED) is 0.376. The highest BCUT2D eigenvalue weighted by molar-refractivity contribution is 5.27. The Hall–Kier alpha value is -2.41. The Morgan fingerprint density at radius 1 is 0.767 bits per heavy atom. The van der Waals surface area contributed by atoms with Crippen molar-refractivity contribution >= 4 is 0 Å². The molecule has 0 N–H and O–H groups in total. The molecule has 1 saturated carbocycles. The molecule has 4 rings (SSSR count). The van der Waals surface area contributed by atoms with E-state index in [1.807, 2.05) is 12.1 Å². The van der Waals surface area contributed by atoms with Gasteiger partial charge in [-0.2, -0.15) is 0 Å². The van der Waals surface area contributed by atoms with Gasteiger partial charge in [-0.1, -0.05) is 73.7 Å². The average molecular weight is 401 g/mol. The molecule has 0 saturated heterocycles. The van der Waals surface area contributed by atoms with Crippen LogP contribution in [0.1, 0.15) is 73.1 Å². The lowest BCUT2D eigenvalue weighted by Gasteiger charge is -2.29. The van der Waals surface area contributed by atoms with Gasteiger partial charge in [-0.25, -0.2) is 4.39 Å². The Morgan fingerprint density at radius 3 is 2.07 bits per heavy atom. The normalized spacial score (nSPS) is 20.1. The molecule has 3 aromatic carbocycles. The zero-order chi connectivity index (χ0) is 20.8. The van der Waals surface area contributed by atoms with Crippen molar-refractivity contribution in [2.75, 3.05) is 0 Å². The van der Waals surface area contributed by atoms with Crippen LogP contribution in [0.25, 0.3) is 0 Å². The fourth-order valence-corrected chi connectivity index (χ4v) is 4.99. The molecule has 1 fully saturated rings. The first-order chi connectivity index (χ1) is 14.7. The van der Waals surface area contributed by atoms with E-state index in [0.717, 1.165) is 12.3 Å². The van der Waals surface area contributed by atoms with E-state index in [1.165, 1.54) is 60.8 Å². The summed E-state index contributed by atoms with van der Waals surface area (Å²) in [4.78, 5) is 0. The van der Waals surface area contributed by atoms with Crippen molar-refractivity contribution in [2.24, 2.45) is 5.92 Å². The van der Waals surface area contributed by atoms with Gasteiger partial charge in [0.1, 0.15) is 5.82 Å². The molecule has 0 amide bonds. The summed E-state index contributed by atoms with van der Waals surface area (Å²) < 4.78 is 13.1. The van der Waals surface area contributed by atoms with Crippen molar-refractivity contribution < 1.29 is 4.39 Å². The molecule has 0 unspecified atom stereocenters. The summed E-state index contributed by atoms with van der Waals surface area (Å²) in [6, 6.07) is 27.2. The van der Waals surface area contributed by atoms with Crippen LogP contribution >= 0.6 is 0 Å². The highest BCUT2D eigenvalue weighted by Gasteiger charge is 2.22. The van der Waals surface area contributed by atoms with E-state index in [1.54, 1.807) is 12.1 Å². The van der Waals surface area contributed by atoms with Crippen molar-refractivity contribution in [3.63, 3.8) is 0 Å². The molecule has 3 aromatic rings. The third-order valence-corrected chi connectivity index (χ3v) is 6.96. The molecule has 0 radical (unpaired) electrons. The van der Waals surface area contributed by atoms with Crippen LogP contribution in [0, 0.1) is 11.7 Å². The monoisotopic (exact) mass is 400 g/mol. The molecule has 1 atom stereocenters. The molecular formula is C29H33F. The van der Waals surface area contributed by atoms with E-state index in [2.05, 4.69) is 61.5 Å². The Morgan fingerprint density at radius 2 is 1.40 bits per heavy atom. The molecule has 0 bridgehead atoms. The Balaban J connectivity index is 1.22. The van der Waals surface area contributed by atoms with Crippen molar-refractivity contribution in [1.29, 1.82) is 0 Å². The summed E-state index contributed by atoms with van der Waals surface area (Å²) in [7, 11) is 0. The minimum absolute atomic E-state index is 0.132. The van der Waals surface area contributed by atoms with Crippen LogP contribution in [0.4, 0.5) is 4.39 Å². The Labute approximate surface area is 181 Å². The summed E-state index contributed by atoms with van der Waals surface area (Å²) in [6.45, 7) is 2.31. The second-order valence-electron chi connectivity index (χ2n) is 9.14. The molecule has 1 aliphatic carbocycles. The first-order valence-corrected chi connectivity index (χ1v) is 11.6. The maximum absolute atomic E-state index is 13.1. The highest BCUT2D eigenvalue weighted by atomic mass is 19.1. The third-order valence-electron chi connectivity index (χ3n) is 6.96. The fraction of sp³-hybridized carbons (Fsp3) is 0.379. The van der Waals surface area contributed by atoms with Crippen LogP contribution in [0.2, 0.25) is 0 Å². The van der Waals surface area contributed by atoms with E-state index in [-0.39, 0.29) is 5.82 Å². The zero-order valence-corrected chi connectivity index (χ0v) is 18.1. The number of halogens is 1. The number of aryl methyl sites for hydroxylation is 1. The number of benzene rings is 3. The molecule has 0 spiro atoms. The zero-order valence-electron chi connectivity index (χ0n) is 18.1. The summed E-state index contributed by atoms with van der Waals surface area (Å²) in [6.07, 6.45) is 8.65. The van der Waals surface area contributed by atoms with Crippen LogP contribution in [-0.2, 0) is 12.8 Å². The Bertz CT molecular complexity index is 887.